The summed E-state index contributed by atoms with van der Waals surface area (Å²) in [4.78, 5) is 14.9. The Morgan fingerprint density at radius 1 is 1.69 bits per heavy atom. The van der Waals surface area contributed by atoms with Crippen LogP contribution in [0, 0.1) is 0 Å². The lowest BCUT2D eigenvalue weighted by atomic mass is 10.1. The second kappa shape index (κ2) is 4.93. The van der Waals surface area contributed by atoms with Crippen LogP contribution in [0.25, 0.3) is 0 Å². The molecule has 1 heterocycles. The molecule has 0 amide bonds. The Morgan fingerprint density at radius 2 is 2.38 bits per heavy atom. The second-order valence-corrected chi connectivity index (χ2v) is 4.08. The molecule has 0 saturated heterocycles. The van der Waals surface area contributed by atoms with Gasteiger partial charge in [-0.15, -0.1) is 5.10 Å². The average Bonchev–Trinajstić information content (AvgIpc) is 2.48. The number of hydrogen-bond donors (Lipinski definition) is 2. The van der Waals surface area contributed by atoms with Crippen LogP contribution in [0.3, 0.4) is 0 Å². The number of hydrogen-bond acceptors (Lipinski definition) is 6. The molecule has 1 aromatic heterocycles. The molecule has 1 rings (SSSR count). The van der Waals surface area contributed by atoms with E-state index in [9.17, 15) is 9.90 Å². The second-order valence-electron chi connectivity index (χ2n) is 4.08. The Hall–Kier alpha value is -1.63. The summed E-state index contributed by atoms with van der Waals surface area (Å²) in [6.07, 6.45) is 1.74. The van der Waals surface area contributed by atoms with Crippen LogP contribution in [-0.2, 0) is 16.1 Å². The SMILES string of the molecule is CC(C)(O)CCOC(=O)Cn1cnc(N)n1. The van der Waals surface area contributed by atoms with E-state index in [4.69, 9.17) is 10.5 Å². The van der Waals surface area contributed by atoms with Gasteiger partial charge in [-0.2, -0.15) is 0 Å². The van der Waals surface area contributed by atoms with E-state index in [1.54, 1.807) is 13.8 Å². The average molecular weight is 228 g/mol. The van der Waals surface area contributed by atoms with E-state index in [2.05, 4.69) is 10.1 Å². The minimum Gasteiger partial charge on any atom is -0.464 e. The van der Waals surface area contributed by atoms with Crippen molar-refractivity contribution in [2.75, 3.05) is 12.3 Å². The maximum Gasteiger partial charge on any atom is 0.327 e. The van der Waals surface area contributed by atoms with Gasteiger partial charge in [0.25, 0.3) is 0 Å². The largest absolute Gasteiger partial charge is 0.464 e. The maximum absolute atomic E-state index is 11.3. The van der Waals surface area contributed by atoms with Crippen LogP contribution in [0.15, 0.2) is 6.33 Å². The van der Waals surface area contributed by atoms with Crippen molar-refractivity contribution in [1.29, 1.82) is 0 Å². The molecular formula is C9H16N4O3. The number of nitrogens with zero attached hydrogens (tertiary/aromatic N) is 3. The minimum absolute atomic E-state index is 0.0317. The third-order valence-electron chi connectivity index (χ3n) is 1.82. The summed E-state index contributed by atoms with van der Waals surface area (Å²) in [7, 11) is 0. The van der Waals surface area contributed by atoms with Crippen molar-refractivity contribution in [3.05, 3.63) is 6.33 Å². The van der Waals surface area contributed by atoms with Gasteiger partial charge in [0, 0.05) is 6.42 Å². The van der Waals surface area contributed by atoms with Gasteiger partial charge in [0.1, 0.15) is 12.9 Å². The van der Waals surface area contributed by atoms with Crippen LogP contribution >= 0.6 is 0 Å². The first-order valence-electron chi connectivity index (χ1n) is 4.90. The van der Waals surface area contributed by atoms with Gasteiger partial charge >= 0.3 is 5.97 Å². The van der Waals surface area contributed by atoms with Crippen molar-refractivity contribution in [2.45, 2.75) is 32.4 Å². The highest BCUT2D eigenvalue weighted by Crippen LogP contribution is 2.06. The highest BCUT2D eigenvalue weighted by Gasteiger charge is 2.13. The molecular weight excluding hydrogens is 212 g/mol. The molecule has 90 valence electrons. The first-order chi connectivity index (χ1) is 7.37. The molecule has 0 fully saturated rings. The first-order valence-corrected chi connectivity index (χ1v) is 4.90. The number of esters is 1. The Bertz CT molecular complexity index is 356. The third-order valence-corrected chi connectivity index (χ3v) is 1.82. The Labute approximate surface area is 93.2 Å². The summed E-state index contributed by atoms with van der Waals surface area (Å²) >= 11 is 0. The number of nitrogen functional groups attached to an aromatic ring is 1. The molecule has 0 atom stereocenters. The monoisotopic (exact) mass is 228 g/mol. The first kappa shape index (κ1) is 12.4. The molecule has 0 bridgehead atoms. The van der Waals surface area contributed by atoms with E-state index in [0.29, 0.717) is 6.42 Å². The third kappa shape index (κ3) is 4.74. The topological polar surface area (TPSA) is 103 Å². The van der Waals surface area contributed by atoms with Crippen molar-refractivity contribution >= 4 is 11.9 Å². The van der Waals surface area contributed by atoms with Crippen LogP contribution in [0.2, 0.25) is 0 Å². The van der Waals surface area contributed by atoms with Gasteiger partial charge in [-0.05, 0) is 13.8 Å². The molecule has 1 aromatic rings. The Kier molecular flexibility index (Phi) is 3.83. The van der Waals surface area contributed by atoms with E-state index in [0.717, 1.165) is 0 Å². The molecule has 0 aliphatic rings. The molecule has 0 aliphatic carbocycles. The van der Waals surface area contributed by atoms with Gasteiger partial charge in [0.05, 0.1) is 12.2 Å². The highest BCUT2D eigenvalue weighted by atomic mass is 16.5. The van der Waals surface area contributed by atoms with E-state index < -0.39 is 11.6 Å². The van der Waals surface area contributed by atoms with Crippen molar-refractivity contribution in [2.24, 2.45) is 0 Å². The van der Waals surface area contributed by atoms with E-state index in [1.165, 1.54) is 11.0 Å². The number of aromatic nitrogens is 3. The van der Waals surface area contributed by atoms with E-state index in [-0.39, 0.29) is 19.1 Å². The summed E-state index contributed by atoms with van der Waals surface area (Å²) < 4.78 is 6.20. The Balaban J connectivity index is 2.26. The summed E-state index contributed by atoms with van der Waals surface area (Å²) in [5.41, 5.74) is 4.45. The summed E-state index contributed by atoms with van der Waals surface area (Å²) in [5, 5.41) is 13.1. The smallest absolute Gasteiger partial charge is 0.327 e. The lowest BCUT2D eigenvalue weighted by molar-refractivity contribution is -0.145. The molecule has 0 unspecified atom stereocenters. The highest BCUT2D eigenvalue weighted by molar-refractivity contribution is 5.68. The normalized spacial score (nSPS) is 11.4. The number of aliphatic hydroxyl groups is 1. The zero-order valence-electron chi connectivity index (χ0n) is 9.38. The maximum atomic E-state index is 11.3. The fraction of sp³-hybridized carbons (Fsp3) is 0.667. The summed E-state index contributed by atoms with van der Waals surface area (Å²) in [6.45, 7) is 3.44. The molecule has 16 heavy (non-hydrogen) atoms. The lowest BCUT2D eigenvalue weighted by Gasteiger charge is -2.16. The molecule has 0 aromatic carbocycles. The molecule has 0 aliphatic heterocycles. The Morgan fingerprint density at radius 3 is 2.88 bits per heavy atom. The predicted molar refractivity (Wildman–Crippen MR) is 56.3 cm³/mol. The zero-order chi connectivity index (χ0) is 12.2. The van der Waals surface area contributed by atoms with Crippen LogP contribution in [0.5, 0.6) is 0 Å². The van der Waals surface area contributed by atoms with Crippen molar-refractivity contribution < 1.29 is 14.6 Å². The van der Waals surface area contributed by atoms with Gasteiger partial charge in [0.15, 0.2) is 0 Å². The lowest BCUT2D eigenvalue weighted by Crippen LogP contribution is -2.23. The van der Waals surface area contributed by atoms with Crippen LogP contribution in [0.4, 0.5) is 5.95 Å². The number of rotatable bonds is 5. The number of carbonyl (C=O) groups is 1. The summed E-state index contributed by atoms with van der Waals surface area (Å²) in [5.74, 6) is -0.321. The fourth-order valence-corrected chi connectivity index (χ4v) is 0.978. The molecule has 7 heteroatoms. The molecule has 0 radical (unpaired) electrons. The van der Waals surface area contributed by atoms with Crippen LogP contribution in [0.1, 0.15) is 20.3 Å². The van der Waals surface area contributed by atoms with Crippen molar-refractivity contribution in [1.82, 2.24) is 14.8 Å². The van der Waals surface area contributed by atoms with Crippen LogP contribution in [-0.4, -0.2) is 38.0 Å². The molecule has 0 spiro atoms. The van der Waals surface area contributed by atoms with Gasteiger partial charge in [0.2, 0.25) is 5.95 Å². The summed E-state index contributed by atoms with van der Waals surface area (Å²) in [6, 6.07) is 0. The number of ether oxygens (including phenoxy) is 1. The van der Waals surface area contributed by atoms with Gasteiger partial charge in [-0.3, -0.25) is 4.79 Å². The van der Waals surface area contributed by atoms with Crippen molar-refractivity contribution in [3.8, 4) is 0 Å². The van der Waals surface area contributed by atoms with Gasteiger partial charge in [-0.25, -0.2) is 9.67 Å². The number of anilines is 1. The van der Waals surface area contributed by atoms with Gasteiger partial charge < -0.3 is 15.6 Å². The van der Waals surface area contributed by atoms with Crippen LogP contribution < -0.4 is 5.73 Å². The number of carbonyl (C=O) groups excluding carboxylic acids is 1. The molecule has 3 N–H and O–H groups in total. The zero-order valence-corrected chi connectivity index (χ0v) is 9.38. The van der Waals surface area contributed by atoms with E-state index >= 15 is 0 Å². The van der Waals surface area contributed by atoms with Crippen molar-refractivity contribution in [3.63, 3.8) is 0 Å². The molecule has 0 saturated carbocycles. The quantitative estimate of drug-likeness (QED) is 0.662. The van der Waals surface area contributed by atoms with Gasteiger partial charge in [-0.1, -0.05) is 0 Å². The van der Waals surface area contributed by atoms with E-state index in [1.807, 2.05) is 0 Å². The standard InChI is InChI=1S/C9H16N4O3/c1-9(2,15)3-4-16-7(14)5-13-6-11-8(10)12-13/h6,15H,3-5H2,1-2H3,(H2,10,12). The predicted octanol–water partition coefficient (Wildman–Crippen LogP) is -0.435. The fourth-order valence-electron chi connectivity index (χ4n) is 0.978. The minimum atomic E-state index is -0.835. The number of nitrogens with two attached hydrogens (primary N) is 1. The molecule has 7 nitrogen and oxygen atoms in total.